The van der Waals surface area contributed by atoms with Gasteiger partial charge in [-0.25, -0.2) is 0 Å². The van der Waals surface area contributed by atoms with Gasteiger partial charge in [-0.15, -0.1) is 11.3 Å². The van der Waals surface area contributed by atoms with Gasteiger partial charge in [0.15, 0.2) is 5.58 Å². The number of hydrogen-bond acceptors (Lipinski definition) is 3. The maximum absolute atomic E-state index is 6.77. The monoisotopic (exact) mass is 656 g/mol. The summed E-state index contributed by atoms with van der Waals surface area (Å²) in [6.07, 6.45) is 0. The molecule has 11 rings (SSSR count). The van der Waals surface area contributed by atoms with Gasteiger partial charge < -0.3 is 13.9 Å². The first-order chi connectivity index (χ1) is 24.8. The Hall–Kier alpha value is -6.36. The van der Waals surface area contributed by atoms with Gasteiger partial charge in [0, 0.05) is 52.8 Å². The average molecular weight is 657 g/mol. The summed E-state index contributed by atoms with van der Waals surface area (Å²) in [7, 11) is 0. The van der Waals surface area contributed by atoms with Crippen molar-refractivity contribution in [2.24, 2.45) is 0 Å². The smallest absolute Gasteiger partial charge is 0.159 e. The molecule has 0 aliphatic heterocycles. The first-order valence-corrected chi connectivity index (χ1v) is 17.8. The molecule has 8 aromatic carbocycles. The third-order valence-corrected chi connectivity index (χ3v) is 11.3. The number of para-hydroxylation sites is 5. The van der Waals surface area contributed by atoms with Crippen molar-refractivity contribution in [3.63, 3.8) is 0 Å². The summed E-state index contributed by atoms with van der Waals surface area (Å²) in [6.45, 7) is 0. The summed E-state index contributed by atoms with van der Waals surface area (Å²) < 4.78 is 11.8. The van der Waals surface area contributed by atoms with E-state index in [0.29, 0.717) is 0 Å². The van der Waals surface area contributed by atoms with Gasteiger partial charge in [-0.3, -0.25) is 0 Å². The Bertz CT molecular complexity index is 3110. The van der Waals surface area contributed by atoms with Crippen LogP contribution in [-0.2, 0) is 0 Å². The topological polar surface area (TPSA) is 21.3 Å². The lowest BCUT2D eigenvalue weighted by Gasteiger charge is -2.28. The number of rotatable bonds is 4. The third kappa shape index (κ3) is 3.85. The molecule has 0 saturated heterocycles. The molecule has 4 heteroatoms. The molecule has 0 unspecified atom stereocenters. The Balaban J connectivity index is 1.31. The van der Waals surface area contributed by atoms with Crippen LogP contribution in [0.2, 0.25) is 0 Å². The third-order valence-electron chi connectivity index (χ3n) is 10.2. The van der Waals surface area contributed by atoms with Gasteiger partial charge in [0.25, 0.3) is 0 Å². The highest BCUT2D eigenvalue weighted by Crippen LogP contribution is 2.49. The van der Waals surface area contributed by atoms with Crippen molar-refractivity contribution < 1.29 is 4.42 Å². The Labute approximate surface area is 291 Å². The van der Waals surface area contributed by atoms with E-state index in [-0.39, 0.29) is 0 Å². The predicted octanol–water partition coefficient (Wildman–Crippen LogP) is 13.7. The van der Waals surface area contributed by atoms with Gasteiger partial charge in [0.2, 0.25) is 0 Å². The molecule has 0 bridgehead atoms. The van der Waals surface area contributed by atoms with Crippen LogP contribution in [0.5, 0.6) is 0 Å². The molecule has 3 nitrogen and oxygen atoms in total. The number of benzene rings is 8. The fraction of sp³-hybridized carbons (Fsp3) is 0. The van der Waals surface area contributed by atoms with Crippen molar-refractivity contribution in [2.75, 3.05) is 4.90 Å². The van der Waals surface area contributed by atoms with Crippen molar-refractivity contribution in [3.05, 3.63) is 170 Å². The maximum Gasteiger partial charge on any atom is 0.159 e. The summed E-state index contributed by atoms with van der Waals surface area (Å²) in [4.78, 5) is 2.44. The number of aromatic nitrogens is 1. The van der Waals surface area contributed by atoms with Gasteiger partial charge in [-0.1, -0.05) is 115 Å². The van der Waals surface area contributed by atoms with Crippen molar-refractivity contribution in [2.45, 2.75) is 0 Å². The molecule has 0 saturated carbocycles. The van der Waals surface area contributed by atoms with Crippen LogP contribution in [0.3, 0.4) is 0 Å². The second-order valence-corrected chi connectivity index (χ2v) is 13.9. The van der Waals surface area contributed by atoms with Crippen LogP contribution in [0.4, 0.5) is 17.1 Å². The zero-order valence-corrected chi connectivity index (χ0v) is 27.7. The van der Waals surface area contributed by atoms with Crippen LogP contribution >= 0.6 is 11.3 Å². The molecule has 0 amide bonds. The molecule has 0 fully saturated rings. The highest BCUT2D eigenvalue weighted by Gasteiger charge is 2.26. The summed E-state index contributed by atoms with van der Waals surface area (Å²) in [5, 5.41) is 9.69. The normalized spacial score (nSPS) is 12.0. The molecule has 0 N–H and O–H groups in total. The summed E-state index contributed by atoms with van der Waals surface area (Å²) >= 11 is 1.86. The van der Waals surface area contributed by atoms with E-state index in [4.69, 9.17) is 4.42 Å². The SMILES string of the molecule is c1ccc(-n2c3ccccc3c3cccc(N(c4cccc5c4ccc4sc6ccccc6c45)c4cccc5c4oc4ccccc45)c32)cc1. The Morgan fingerprint density at radius 3 is 1.96 bits per heavy atom. The fourth-order valence-electron chi connectivity index (χ4n) is 8.08. The van der Waals surface area contributed by atoms with Crippen LogP contribution in [0, 0.1) is 0 Å². The van der Waals surface area contributed by atoms with Crippen molar-refractivity contribution >= 4 is 103 Å². The fourth-order valence-corrected chi connectivity index (χ4v) is 9.21. The molecule has 0 radical (unpaired) electrons. The Kier molecular flexibility index (Phi) is 5.83. The molecular weight excluding hydrogens is 629 g/mol. The highest BCUT2D eigenvalue weighted by atomic mass is 32.1. The van der Waals surface area contributed by atoms with E-state index in [9.17, 15) is 0 Å². The van der Waals surface area contributed by atoms with Crippen molar-refractivity contribution in [3.8, 4) is 5.69 Å². The van der Waals surface area contributed by atoms with Gasteiger partial charge in [-0.05, 0) is 60.0 Å². The van der Waals surface area contributed by atoms with Crippen molar-refractivity contribution in [1.82, 2.24) is 4.57 Å². The largest absolute Gasteiger partial charge is 0.454 e. The van der Waals surface area contributed by atoms with E-state index in [2.05, 4.69) is 173 Å². The zero-order chi connectivity index (χ0) is 32.8. The van der Waals surface area contributed by atoms with Gasteiger partial charge >= 0.3 is 0 Å². The molecule has 3 heterocycles. The van der Waals surface area contributed by atoms with Gasteiger partial charge in [0.05, 0.1) is 28.1 Å². The quantitative estimate of drug-likeness (QED) is 0.188. The molecule has 0 aliphatic rings. The van der Waals surface area contributed by atoms with Crippen LogP contribution < -0.4 is 4.90 Å². The minimum Gasteiger partial charge on any atom is -0.454 e. The first kappa shape index (κ1) is 27.6. The molecule has 3 aromatic heterocycles. The lowest BCUT2D eigenvalue weighted by Crippen LogP contribution is -2.12. The van der Waals surface area contributed by atoms with Gasteiger partial charge in [-0.2, -0.15) is 0 Å². The molecular formula is C46H28N2OS. The summed E-state index contributed by atoms with van der Waals surface area (Å²) in [5.74, 6) is 0. The number of furan rings is 1. The molecule has 11 aromatic rings. The van der Waals surface area contributed by atoms with E-state index in [1.165, 1.54) is 47.2 Å². The highest BCUT2D eigenvalue weighted by molar-refractivity contribution is 7.26. The van der Waals surface area contributed by atoms with E-state index >= 15 is 0 Å². The van der Waals surface area contributed by atoms with Gasteiger partial charge in [0.1, 0.15) is 5.58 Å². The van der Waals surface area contributed by atoms with E-state index in [1.807, 2.05) is 17.4 Å². The second-order valence-electron chi connectivity index (χ2n) is 12.9. The standard InChI is InChI=1S/C46H28N2OS/c1-2-13-29(14-3-1)47-37-21-7-4-15-30(37)34-19-11-23-39(45(34)47)48(40-24-12-20-35-32-16-5-8-25-41(32)49-46(35)40)38-22-10-18-33-31(38)27-28-43-44(33)36-17-6-9-26-42(36)50-43/h1-28H. The number of hydrogen-bond donors (Lipinski definition) is 0. The molecule has 0 spiro atoms. The van der Waals surface area contributed by atoms with Crippen LogP contribution in [0.25, 0.3) is 80.4 Å². The number of nitrogens with zero attached hydrogens (tertiary/aromatic N) is 2. The second kappa shape index (κ2) is 10.6. The lowest BCUT2D eigenvalue weighted by atomic mass is 10.0. The molecule has 0 aliphatic carbocycles. The summed E-state index contributed by atoms with van der Waals surface area (Å²) in [5.41, 5.74) is 8.38. The summed E-state index contributed by atoms with van der Waals surface area (Å²) in [6, 6.07) is 61.2. The minimum absolute atomic E-state index is 0.868. The molecule has 50 heavy (non-hydrogen) atoms. The van der Waals surface area contributed by atoms with Crippen LogP contribution in [0.15, 0.2) is 174 Å². The Morgan fingerprint density at radius 1 is 0.420 bits per heavy atom. The van der Waals surface area contributed by atoms with Crippen LogP contribution in [-0.4, -0.2) is 4.57 Å². The van der Waals surface area contributed by atoms with Crippen molar-refractivity contribution in [1.29, 1.82) is 0 Å². The van der Waals surface area contributed by atoms with Crippen LogP contribution in [0.1, 0.15) is 0 Å². The maximum atomic E-state index is 6.77. The number of thiophene rings is 1. The molecule has 234 valence electrons. The zero-order valence-electron chi connectivity index (χ0n) is 26.9. The predicted molar refractivity (Wildman–Crippen MR) is 213 cm³/mol. The first-order valence-electron chi connectivity index (χ1n) is 16.9. The van der Waals surface area contributed by atoms with E-state index < -0.39 is 0 Å². The minimum atomic E-state index is 0.868. The van der Waals surface area contributed by atoms with E-state index in [1.54, 1.807) is 0 Å². The van der Waals surface area contributed by atoms with E-state index in [0.717, 1.165) is 50.2 Å². The number of anilines is 3. The number of fused-ring (bicyclic) bond motifs is 11. The average Bonchev–Trinajstić information content (AvgIpc) is 3.86. The lowest BCUT2D eigenvalue weighted by molar-refractivity contribution is 0.669. The molecule has 0 atom stereocenters. The Morgan fingerprint density at radius 2 is 1.08 bits per heavy atom.